The van der Waals surface area contributed by atoms with E-state index in [-0.39, 0.29) is 22.5 Å². The van der Waals surface area contributed by atoms with Crippen LogP contribution in [0.3, 0.4) is 0 Å². The van der Waals surface area contributed by atoms with Crippen molar-refractivity contribution in [2.24, 2.45) is 17.8 Å². The van der Waals surface area contributed by atoms with Gasteiger partial charge in [0, 0.05) is 0 Å². The van der Waals surface area contributed by atoms with Crippen molar-refractivity contribution in [2.45, 2.75) is 70.3 Å². The molecule has 1 aromatic heterocycles. The molecule has 0 unspecified atom stereocenters. The molecule has 4 fully saturated rings. The van der Waals surface area contributed by atoms with Gasteiger partial charge in [0.15, 0.2) is 5.82 Å². The minimum absolute atomic E-state index is 0.189. The summed E-state index contributed by atoms with van der Waals surface area (Å²) in [5.74, 6) is 2.66. The van der Waals surface area contributed by atoms with E-state index in [0.717, 1.165) is 23.4 Å². The Kier molecular flexibility index (Phi) is 7.37. The van der Waals surface area contributed by atoms with Gasteiger partial charge in [-0.25, -0.2) is 24.5 Å². The molecule has 0 spiro atoms. The number of para-hydroxylation sites is 1. The molecule has 3 aromatic rings. The lowest BCUT2D eigenvalue weighted by molar-refractivity contribution is -0.00518. The second-order valence-corrected chi connectivity index (χ2v) is 13.5. The largest absolute Gasteiger partial charge is 0.465 e. The molecule has 7 rings (SSSR count). The third kappa shape index (κ3) is 5.56. The molecular weight excluding hydrogens is 552 g/mol. The SMILES string of the molecule is COC(=O)c1ccccc1N(C(=O)OC(C)(C)C)c1cnc(Nc2ccc(C34CC5CC(CC(C5)C3)C4)cc2Cl)cn1. The number of carbonyl (C=O) groups is 2. The quantitative estimate of drug-likeness (QED) is 0.290. The number of hydrogen-bond acceptors (Lipinski definition) is 7. The van der Waals surface area contributed by atoms with E-state index in [0.29, 0.717) is 10.8 Å². The number of benzene rings is 2. The molecule has 9 heteroatoms. The number of rotatable bonds is 6. The summed E-state index contributed by atoms with van der Waals surface area (Å²) in [6.45, 7) is 5.31. The van der Waals surface area contributed by atoms with Crippen molar-refractivity contribution < 1.29 is 19.1 Å². The van der Waals surface area contributed by atoms with Crippen LogP contribution in [0, 0.1) is 17.8 Å². The summed E-state index contributed by atoms with van der Waals surface area (Å²) in [7, 11) is 1.29. The summed E-state index contributed by atoms with van der Waals surface area (Å²) in [5.41, 5.74) is 2.06. The van der Waals surface area contributed by atoms with Gasteiger partial charge in [0.05, 0.1) is 41.5 Å². The van der Waals surface area contributed by atoms with Crippen LogP contribution < -0.4 is 10.2 Å². The van der Waals surface area contributed by atoms with Crippen LogP contribution in [-0.4, -0.2) is 34.7 Å². The summed E-state index contributed by atoms with van der Waals surface area (Å²) < 4.78 is 10.6. The predicted octanol–water partition coefficient (Wildman–Crippen LogP) is 8.20. The standard InChI is InChI=1S/C33H37ClN4O4/c1-32(2,3)42-31(40)38(27-8-6-5-7-24(27)30(39)41-4)29-19-35-28(18-36-29)37-26-10-9-23(14-25(26)34)33-15-20-11-21(16-33)13-22(12-20)17-33/h5-10,14,18-22H,11-13,15-17H2,1-4H3,(H,35,37). The van der Waals surface area contributed by atoms with E-state index in [1.54, 1.807) is 45.0 Å². The number of amides is 1. The van der Waals surface area contributed by atoms with Crippen LogP contribution in [-0.2, 0) is 14.9 Å². The molecule has 4 bridgehead atoms. The van der Waals surface area contributed by atoms with Gasteiger partial charge in [-0.2, -0.15) is 0 Å². The Labute approximate surface area is 251 Å². The number of aromatic nitrogens is 2. The Hall–Kier alpha value is -3.65. The third-order valence-electron chi connectivity index (χ3n) is 8.88. The number of anilines is 4. The van der Waals surface area contributed by atoms with Gasteiger partial charge in [-0.05, 0) is 112 Å². The number of ether oxygens (including phenoxy) is 2. The summed E-state index contributed by atoms with van der Waals surface area (Å²) in [5, 5.41) is 3.92. The topological polar surface area (TPSA) is 93.7 Å². The molecule has 42 heavy (non-hydrogen) atoms. The molecule has 220 valence electrons. The molecule has 1 heterocycles. The molecule has 1 N–H and O–H groups in total. The second-order valence-electron chi connectivity index (χ2n) is 13.1. The van der Waals surface area contributed by atoms with Crippen molar-refractivity contribution >= 4 is 46.7 Å². The lowest BCUT2D eigenvalue weighted by Gasteiger charge is -2.57. The Morgan fingerprint density at radius 3 is 2.21 bits per heavy atom. The number of esters is 1. The number of carbonyl (C=O) groups excluding carboxylic acids is 2. The van der Waals surface area contributed by atoms with Gasteiger partial charge in [0.2, 0.25) is 0 Å². The fraction of sp³-hybridized carbons (Fsp3) is 0.455. The van der Waals surface area contributed by atoms with Crippen molar-refractivity contribution in [2.75, 3.05) is 17.3 Å². The average Bonchev–Trinajstić information content (AvgIpc) is 2.93. The molecule has 4 saturated carbocycles. The van der Waals surface area contributed by atoms with E-state index in [9.17, 15) is 9.59 Å². The van der Waals surface area contributed by atoms with Gasteiger partial charge in [0.25, 0.3) is 0 Å². The summed E-state index contributed by atoms with van der Waals surface area (Å²) in [6, 6.07) is 13.0. The molecule has 2 aromatic carbocycles. The highest BCUT2D eigenvalue weighted by atomic mass is 35.5. The van der Waals surface area contributed by atoms with E-state index in [1.165, 1.54) is 68.5 Å². The van der Waals surface area contributed by atoms with Crippen LogP contribution in [0.5, 0.6) is 0 Å². The normalized spacial score (nSPS) is 24.3. The van der Waals surface area contributed by atoms with E-state index in [1.807, 2.05) is 6.07 Å². The molecule has 0 atom stereocenters. The number of halogens is 1. The Morgan fingerprint density at radius 2 is 1.64 bits per heavy atom. The van der Waals surface area contributed by atoms with Crippen LogP contribution in [0.1, 0.15) is 75.2 Å². The lowest BCUT2D eigenvalue weighted by atomic mass is 9.48. The van der Waals surface area contributed by atoms with Crippen molar-refractivity contribution in [3.63, 3.8) is 0 Å². The maximum absolute atomic E-state index is 13.4. The molecular formula is C33H37ClN4O4. The first kappa shape index (κ1) is 28.5. The van der Waals surface area contributed by atoms with E-state index in [4.69, 9.17) is 21.1 Å². The van der Waals surface area contributed by atoms with E-state index in [2.05, 4.69) is 27.4 Å². The minimum atomic E-state index is -0.774. The first-order valence-corrected chi connectivity index (χ1v) is 15.0. The first-order valence-electron chi connectivity index (χ1n) is 14.6. The second kappa shape index (κ2) is 10.9. The molecule has 4 aliphatic carbocycles. The molecule has 0 aliphatic heterocycles. The highest BCUT2D eigenvalue weighted by Gasteiger charge is 2.51. The van der Waals surface area contributed by atoms with E-state index < -0.39 is 17.7 Å². The van der Waals surface area contributed by atoms with Gasteiger partial charge in [-0.15, -0.1) is 0 Å². The van der Waals surface area contributed by atoms with Crippen molar-refractivity contribution in [1.82, 2.24) is 9.97 Å². The molecule has 0 saturated heterocycles. The lowest BCUT2D eigenvalue weighted by Crippen LogP contribution is -2.48. The van der Waals surface area contributed by atoms with Crippen molar-refractivity contribution in [3.8, 4) is 0 Å². The number of methoxy groups -OCH3 is 1. The van der Waals surface area contributed by atoms with Crippen LogP contribution in [0.2, 0.25) is 5.02 Å². The number of hydrogen-bond donors (Lipinski definition) is 1. The van der Waals surface area contributed by atoms with Gasteiger partial charge in [0.1, 0.15) is 11.4 Å². The zero-order valence-corrected chi connectivity index (χ0v) is 25.3. The maximum Gasteiger partial charge on any atom is 0.420 e. The zero-order valence-electron chi connectivity index (χ0n) is 24.5. The first-order chi connectivity index (χ1) is 20.0. The molecule has 1 amide bonds. The maximum atomic E-state index is 13.4. The summed E-state index contributed by atoms with van der Waals surface area (Å²) >= 11 is 6.82. The Balaban J connectivity index is 1.25. The molecule has 4 aliphatic rings. The van der Waals surface area contributed by atoms with E-state index >= 15 is 0 Å². The van der Waals surface area contributed by atoms with Gasteiger partial charge < -0.3 is 14.8 Å². The zero-order chi connectivity index (χ0) is 29.6. The van der Waals surface area contributed by atoms with Crippen molar-refractivity contribution in [1.29, 1.82) is 0 Å². The Bertz CT molecular complexity index is 1470. The minimum Gasteiger partial charge on any atom is -0.465 e. The van der Waals surface area contributed by atoms with Gasteiger partial charge in [-0.1, -0.05) is 29.8 Å². The Morgan fingerprint density at radius 1 is 0.976 bits per heavy atom. The number of nitrogens with zero attached hydrogens (tertiary/aromatic N) is 3. The summed E-state index contributed by atoms with van der Waals surface area (Å²) in [4.78, 5) is 36.1. The predicted molar refractivity (Wildman–Crippen MR) is 163 cm³/mol. The molecule has 0 radical (unpaired) electrons. The third-order valence-corrected chi connectivity index (χ3v) is 9.19. The van der Waals surface area contributed by atoms with Crippen LogP contribution in [0.25, 0.3) is 0 Å². The van der Waals surface area contributed by atoms with Crippen LogP contribution in [0.4, 0.5) is 27.8 Å². The van der Waals surface area contributed by atoms with Crippen LogP contribution >= 0.6 is 11.6 Å². The van der Waals surface area contributed by atoms with Gasteiger partial charge >= 0.3 is 12.1 Å². The summed E-state index contributed by atoms with van der Waals surface area (Å²) in [6.07, 6.45) is 10.3. The van der Waals surface area contributed by atoms with Crippen LogP contribution in [0.15, 0.2) is 54.9 Å². The fourth-order valence-electron chi connectivity index (χ4n) is 7.62. The smallest absolute Gasteiger partial charge is 0.420 e. The fourth-order valence-corrected chi connectivity index (χ4v) is 7.85. The monoisotopic (exact) mass is 588 g/mol. The van der Waals surface area contributed by atoms with Gasteiger partial charge in [-0.3, -0.25) is 0 Å². The number of nitrogens with one attached hydrogen (secondary N) is 1. The molecule has 8 nitrogen and oxygen atoms in total. The highest BCUT2D eigenvalue weighted by molar-refractivity contribution is 6.33. The average molecular weight is 589 g/mol. The van der Waals surface area contributed by atoms with Crippen molar-refractivity contribution in [3.05, 3.63) is 71.0 Å². The highest BCUT2D eigenvalue weighted by Crippen LogP contribution is 2.61.